The third-order valence-electron chi connectivity index (χ3n) is 2.58. The second kappa shape index (κ2) is 4.51. The van der Waals surface area contributed by atoms with Crippen molar-refractivity contribution in [1.82, 2.24) is 0 Å². The van der Waals surface area contributed by atoms with Crippen LogP contribution in [0.25, 0.3) is 0 Å². The fraction of sp³-hybridized carbons (Fsp3) is 0.800. The van der Waals surface area contributed by atoms with Crippen molar-refractivity contribution in [2.45, 2.75) is 37.7 Å². The third kappa shape index (κ3) is 2.37. The van der Waals surface area contributed by atoms with Gasteiger partial charge < -0.3 is 14.6 Å². The van der Waals surface area contributed by atoms with E-state index in [-0.39, 0.29) is 0 Å². The van der Waals surface area contributed by atoms with Crippen molar-refractivity contribution in [1.29, 1.82) is 0 Å². The Bertz CT molecular complexity index is 181. The SMILES string of the molecule is CO/C=C(/OC)C1(O)CCCCC1. The standard InChI is InChI=1S/C10H18O3/c1-12-8-9(13-2)10(11)6-4-3-5-7-10/h8,11H,3-7H2,1-2H3/b9-8+. The second-order valence-electron chi connectivity index (χ2n) is 3.51. The topological polar surface area (TPSA) is 38.7 Å². The summed E-state index contributed by atoms with van der Waals surface area (Å²) in [4.78, 5) is 0. The average molecular weight is 186 g/mol. The molecule has 0 saturated heterocycles. The Hall–Kier alpha value is -0.700. The molecule has 76 valence electrons. The molecule has 0 aromatic carbocycles. The van der Waals surface area contributed by atoms with E-state index in [1.165, 1.54) is 12.7 Å². The molecule has 3 nitrogen and oxygen atoms in total. The highest BCUT2D eigenvalue weighted by Gasteiger charge is 2.34. The monoisotopic (exact) mass is 186 g/mol. The van der Waals surface area contributed by atoms with Crippen molar-refractivity contribution in [2.24, 2.45) is 0 Å². The van der Waals surface area contributed by atoms with E-state index in [4.69, 9.17) is 9.47 Å². The Kier molecular flexibility index (Phi) is 3.60. The zero-order valence-corrected chi connectivity index (χ0v) is 8.38. The van der Waals surface area contributed by atoms with Crippen molar-refractivity contribution < 1.29 is 14.6 Å². The molecular formula is C10H18O3. The fourth-order valence-corrected chi connectivity index (χ4v) is 1.84. The highest BCUT2D eigenvalue weighted by molar-refractivity contribution is 5.08. The van der Waals surface area contributed by atoms with E-state index in [1.54, 1.807) is 14.2 Å². The van der Waals surface area contributed by atoms with E-state index in [0.29, 0.717) is 5.76 Å². The summed E-state index contributed by atoms with van der Waals surface area (Å²) >= 11 is 0. The van der Waals surface area contributed by atoms with Crippen LogP contribution in [-0.4, -0.2) is 24.9 Å². The van der Waals surface area contributed by atoms with Crippen molar-refractivity contribution in [3.05, 3.63) is 12.0 Å². The number of methoxy groups -OCH3 is 2. The maximum atomic E-state index is 10.2. The van der Waals surface area contributed by atoms with Crippen molar-refractivity contribution >= 4 is 0 Å². The quantitative estimate of drug-likeness (QED) is 0.683. The number of hydrogen-bond donors (Lipinski definition) is 1. The molecule has 1 aliphatic rings. The van der Waals surface area contributed by atoms with Gasteiger partial charge in [-0.3, -0.25) is 0 Å². The highest BCUT2D eigenvalue weighted by Crippen LogP contribution is 2.34. The fourth-order valence-electron chi connectivity index (χ4n) is 1.84. The predicted molar refractivity (Wildman–Crippen MR) is 50.1 cm³/mol. The molecule has 1 saturated carbocycles. The zero-order chi connectivity index (χ0) is 9.73. The van der Waals surface area contributed by atoms with Gasteiger partial charge in [-0.05, 0) is 12.8 Å². The first kappa shape index (κ1) is 10.4. The normalized spacial score (nSPS) is 22.5. The molecule has 13 heavy (non-hydrogen) atoms. The lowest BCUT2D eigenvalue weighted by atomic mass is 9.83. The second-order valence-corrected chi connectivity index (χ2v) is 3.51. The lowest BCUT2D eigenvalue weighted by Gasteiger charge is -2.32. The van der Waals surface area contributed by atoms with Crippen LogP contribution in [0.2, 0.25) is 0 Å². The lowest BCUT2D eigenvalue weighted by Crippen LogP contribution is -2.34. The molecule has 1 fully saturated rings. The van der Waals surface area contributed by atoms with Crippen LogP contribution in [-0.2, 0) is 9.47 Å². The van der Waals surface area contributed by atoms with Gasteiger partial charge in [0.1, 0.15) is 11.9 Å². The highest BCUT2D eigenvalue weighted by atomic mass is 16.5. The molecule has 3 heteroatoms. The summed E-state index contributed by atoms with van der Waals surface area (Å²) in [6, 6.07) is 0. The summed E-state index contributed by atoms with van der Waals surface area (Å²) in [7, 11) is 3.13. The van der Waals surface area contributed by atoms with Crippen LogP contribution in [0, 0.1) is 0 Å². The van der Waals surface area contributed by atoms with E-state index in [1.807, 2.05) is 0 Å². The molecular weight excluding hydrogens is 168 g/mol. The third-order valence-corrected chi connectivity index (χ3v) is 2.58. The number of rotatable bonds is 3. The van der Waals surface area contributed by atoms with Crippen LogP contribution in [0.1, 0.15) is 32.1 Å². The molecule has 0 heterocycles. The van der Waals surface area contributed by atoms with E-state index in [9.17, 15) is 5.11 Å². The average Bonchev–Trinajstić information content (AvgIpc) is 2.15. The van der Waals surface area contributed by atoms with Gasteiger partial charge in [0.25, 0.3) is 0 Å². The van der Waals surface area contributed by atoms with E-state index < -0.39 is 5.60 Å². The molecule has 0 atom stereocenters. The van der Waals surface area contributed by atoms with Crippen molar-refractivity contribution in [3.63, 3.8) is 0 Å². The first-order valence-electron chi connectivity index (χ1n) is 4.73. The number of hydrogen-bond acceptors (Lipinski definition) is 3. The van der Waals surface area contributed by atoms with Gasteiger partial charge in [0.15, 0.2) is 5.76 Å². The Morgan fingerprint density at radius 2 is 1.85 bits per heavy atom. The summed E-state index contributed by atoms with van der Waals surface area (Å²) < 4.78 is 9.99. The maximum Gasteiger partial charge on any atom is 0.161 e. The summed E-state index contributed by atoms with van der Waals surface area (Å²) in [6.45, 7) is 0. The van der Waals surface area contributed by atoms with Gasteiger partial charge in [-0.2, -0.15) is 0 Å². The van der Waals surface area contributed by atoms with Gasteiger partial charge in [-0.25, -0.2) is 0 Å². The molecule has 0 aromatic heterocycles. The van der Waals surface area contributed by atoms with Crippen LogP contribution in [0.3, 0.4) is 0 Å². The van der Waals surface area contributed by atoms with Gasteiger partial charge in [0.2, 0.25) is 0 Å². The molecule has 1 rings (SSSR count). The molecule has 0 bridgehead atoms. The van der Waals surface area contributed by atoms with Crippen LogP contribution in [0.4, 0.5) is 0 Å². The summed E-state index contributed by atoms with van der Waals surface area (Å²) in [5.74, 6) is 0.551. The van der Waals surface area contributed by atoms with Crippen molar-refractivity contribution in [2.75, 3.05) is 14.2 Å². The minimum Gasteiger partial charge on any atom is -0.501 e. The molecule has 0 radical (unpaired) electrons. The minimum atomic E-state index is -0.789. The Labute approximate surface area is 79.3 Å². The van der Waals surface area contributed by atoms with Crippen LogP contribution in [0.15, 0.2) is 12.0 Å². The Morgan fingerprint density at radius 3 is 2.31 bits per heavy atom. The summed E-state index contributed by atoms with van der Waals surface area (Å²) in [5, 5.41) is 10.2. The van der Waals surface area contributed by atoms with E-state index >= 15 is 0 Å². The molecule has 1 N–H and O–H groups in total. The Balaban J connectivity index is 2.69. The smallest absolute Gasteiger partial charge is 0.161 e. The number of ether oxygens (including phenoxy) is 2. The molecule has 0 aliphatic heterocycles. The molecule has 0 spiro atoms. The molecule has 0 unspecified atom stereocenters. The van der Waals surface area contributed by atoms with Gasteiger partial charge in [-0.1, -0.05) is 19.3 Å². The molecule has 1 aliphatic carbocycles. The molecule has 0 aromatic rings. The van der Waals surface area contributed by atoms with Crippen LogP contribution >= 0.6 is 0 Å². The van der Waals surface area contributed by atoms with Gasteiger partial charge in [0.05, 0.1) is 14.2 Å². The largest absolute Gasteiger partial charge is 0.501 e. The van der Waals surface area contributed by atoms with Gasteiger partial charge >= 0.3 is 0 Å². The Morgan fingerprint density at radius 1 is 1.23 bits per heavy atom. The first-order chi connectivity index (χ1) is 6.23. The first-order valence-corrected chi connectivity index (χ1v) is 4.73. The van der Waals surface area contributed by atoms with E-state index in [0.717, 1.165) is 25.7 Å². The predicted octanol–water partition coefficient (Wildman–Crippen LogP) is 1.82. The summed E-state index contributed by atoms with van der Waals surface area (Å²) in [6.07, 6.45) is 6.35. The van der Waals surface area contributed by atoms with Crippen LogP contribution in [0.5, 0.6) is 0 Å². The lowest BCUT2D eigenvalue weighted by molar-refractivity contribution is -0.0121. The minimum absolute atomic E-state index is 0.551. The van der Waals surface area contributed by atoms with Crippen molar-refractivity contribution in [3.8, 4) is 0 Å². The summed E-state index contributed by atoms with van der Waals surface area (Å²) in [5.41, 5.74) is -0.789. The zero-order valence-electron chi connectivity index (χ0n) is 8.38. The van der Waals surface area contributed by atoms with Gasteiger partial charge in [0, 0.05) is 0 Å². The number of aliphatic hydroxyl groups is 1. The molecule has 0 amide bonds. The van der Waals surface area contributed by atoms with Crippen LogP contribution < -0.4 is 0 Å². The maximum absolute atomic E-state index is 10.2. The van der Waals surface area contributed by atoms with Gasteiger partial charge in [-0.15, -0.1) is 0 Å². The van der Waals surface area contributed by atoms with E-state index in [2.05, 4.69) is 0 Å².